The second-order valence-electron chi connectivity index (χ2n) is 3.11. The minimum absolute atomic E-state index is 0.0514. The summed E-state index contributed by atoms with van der Waals surface area (Å²) in [5.41, 5.74) is 9.63. The van der Waals surface area contributed by atoms with Crippen molar-refractivity contribution in [2.24, 2.45) is 5.11 Å². The van der Waals surface area contributed by atoms with Gasteiger partial charge in [0.05, 0.1) is 13.7 Å². The zero-order chi connectivity index (χ0) is 12.7. The van der Waals surface area contributed by atoms with Gasteiger partial charge in [-0.05, 0) is 22.7 Å². The van der Waals surface area contributed by atoms with E-state index < -0.39 is 5.97 Å². The molecule has 0 aliphatic heterocycles. The number of methoxy groups -OCH3 is 1. The van der Waals surface area contributed by atoms with Gasteiger partial charge in [-0.2, -0.15) is 0 Å². The molecule has 0 heterocycles. The van der Waals surface area contributed by atoms with Gasteiger partial charge in [0.2, 0.25) is 0 Å². The van der Waals surface area contributed by atoms with Crippen molar-refractivity contribution < 1.29 is 14.6 Å². The van der Waals surface area contributed by atoms with Crippen LogP contribution in [0.25, 0.3) is 16.5 Å². The fourth-order valence-electron chi connectivity index (χ4n) is 1.16. The van der Waals surface area contributed by atoms with Crippen molar-refractivity contribution in [2.75, 3.05) is 7.11 Å². The third-order valence-corrected chi connectivity index (χ3v) is 2.01. The number of nitrogens with zero attached hydrogens (tertiary/aromatic N) is 3. The standard InChI is InChI=1S/C11H11N3O3/c1-17-11(16)10(13-14-12)6-8-2-4-9(7-15)5-3-8/h2-6,15H,7H2,1H3. The molecular weight excluding hydrogens is 222 g/mol. The average molecular weight is 233 g/mol. The fourth-order valence-corrected chi connectivity index (χ4v) is 1.16. The summed E-state index contributed by atoms with van der Waals surface area (Å²) >= 11 is 0. The molecule has 0 aromatic heterocycles. The molecule has 1 N–H and O–H groups in total. The van der Waals surface area contributed by atoms with Crippen molar-refractivity contribution in [3.63, 3.8) is 0 Å². The van der Waals surface area contributed by atoms with Crippen LogP contribution in [0.3, 0.4) is 0 Å². The van der Waals surface area contributed by atoms with Crippen molar-refractivity contribution in [2.45, 2.75) is 6.61 Å². The van der Waals surface area contributed by atoms with Gasteiger partial charge in [0.1, 0.15) is 5.70 Å². The van der Waals surface area contributed by atoms with Gasteiger partial charge in [-0.15, -0.1) is 0 Å². The van der Waals surface area contributed by atoms with Crippen LogP contribution in [0.2, 0.25) is 0 Å². The lowest BCUT2D eigenvalue weighted by Crippen LogP contribution is -2.01. The molecule has 0 saturated carbocycles. The van der Waals surface area contributed by atoms with Crippen LogP contribution in [-0.2, 0) is 16.1 Å². The zero-order valence-electron chi connectivity index (χ0n) is 9.20. The Labute approximate surface area is 97.8 Å². The number of aliphatic hydroxyl groups is 1. The molecule has 1 rings (SSSR count). The van der Waals surface area contributed by atoms with Gasteiger partial charge in [-0.1, -0.05) is 29.4 Å². The Kier molecular flexibility index (Phi) is 4.75. The predicted molar refractivity (Wildman–Crippen MR) is 61.5 cm³/mol. The van der Waals surface area contributed by atoms with E-state index in [9.17, 15) is 4.79 Å². The summed E-state index contributed by atoms with van der Waals surface area (Å²) in [7, 11) is 1.21. The lowest BCUT2D eigenvalue weighted by Gasteiger charge is -2.00. The molecule has 1 aromatic carbocycles. The first-order chi connectivity index (χ1) is 8.21. The Balaban J connectivity index is 3.03. The van der Waals surface area contributed by atoms with Gasteiger partial charge in [-0.3, -0.25) is 0 Å². The number of esters is 1. The van der Waals surface area contributed by atoms with Gasteiger partial charge in [-0.25, -0.2) is 4.79 Å². The average Bonchev–Trinajstić information content (AvgIpc) is 2.38. The maximum Gasteiger partial charge on any atom is 0.340 e. The van der Waals surface area contributed by atoms with Crippen molar-refractivity contribution in [1.82, 2.24) is 0 Å². The first kappa shape index (κ1) is 12.8. The number of rotatable bonds is 4. The number of azide groups is 1. The van der Waals surface area contributed by atoms with Crippen LogP contribution in [0.1, 0.15) is 11.1 Å². The molecule has 88 valence electrons. The number of carbonyl (C=O) groups excluding carboxylic acids is 1. The van der Waals surface area contributed by atoms with Crippen LogP contribution >= 0.6 is 0 Å². The van der Waals surface area contributed by atoms with E-state index in [1.165, 1.54) is 13.2 Å². The summed E-state index contributed by atoms with van der Waals surface area (Å²) in [6.45, 7) is -0.0514. The third kappa shape index (κ3) is 3.64. The van der Waals surface area contributed by atoms with Crippen LogP contribution < -0.4 is 0 Å². The second-order valence-corrected chi connectivity index (χ2v) is 3.11. The van der Waals surface area contributed by atoms with E-state index in [4.69, 9.17) is 10.6 Å². The van der Waals surface area contributed by atoms with E-state index >= 15 is 0 Å². The zero-order valence-corrected chi connectivity index (χ0v) is 9.20. The molecule has 0 saturated heterocycles. The van der Waals surface area contributed by atoms with E-state index in [-0.39, 0.29) is 12.3 Å². The topological polar surface area (TPSA) is 95.3 Å². The first-order valence-corrected chi connectivity index (χ1v) is 4.76. The van der Waals surface area contributed by atoms with E-state index in [0.29, 0.717) is 5.56 Å². The number of aliphatic hydroxyl groups excluding tert-OH is 1. The fraction of sp³-hybridized carbons (Fsp3) is 0.182. The molecule has 17 heavy (non-hydrogen) atoms. The highest BCUT2D eigenvalue weighted by Crippen LogP contribution is 2.11. The molecule has 0 fully saturated rings. The SMILES string of the molecule is COC(=O)C(=Cc1ccc(CO)cc1)N=[N+]=[N-]. The van der Waals surface area contributed by atoms with Crippen LogP contribution in [0, 0.1) is 0 Å². The normalized spacial score (nSPS) is 10.6. The van der Waals surface area contributed by atoms with E-state index in [1.54, 1.807) is 24.3 Å². The van der Waals surface area contributed by atoms with E-state index in [1.807, 2.05) is 0 Å². The highest BCUT2D eigenvalue weighted by molar-refractivity contribution is 5.93. The van der Waals surface area contributed by atoms with Crippen LogP contribution in [0.15, 0.2) is 35.1 Å². The number of benzene rings is 1. The Morgan fingerprint density at radius 3 is 2.65 bits per heavy atom. The molecule has 6 nitrogen and oxygen atoms in total. The quantitative estimate of drug-likeness (QED) is 0.283. The number of ether oxygens (including phenoxy) is 1. The Morgan fingerprint density at radius 1 is 1.53 bits per heavy atom. The minimum Gasteiger partial charge on any atom is -0.466 e. The molecule has 0 radical (unpaired) electrons. The molecule has 0 amide bonds. The van der Waals surface area contributed by atoms with Gasteiger partial charge in [0, 0.05) is 4.91 Å². The van der Waals surface area contributed by atoms with Crippen LogP contribution in [-0.4, -0.2) is 18.2 Å². The number of carbonyl (C=O) groups is 1. The summed E-state index contributed by atoms with van der Waals surface area (Å²) in [6.07, 6.45) is 1.41. The van der Waals surface area contributed by atoms with Gasteiger partial charge >= 0.3 is 5.97 Å². The maximum absolute atomic E-state index is 11.2. The molecule has 0 spiro atoms. The second kappa shape index (κ2) is 6.32. The monoisotopic (exact) mass is 233 g/mol. The van der Waals surface area contributed by atoms with Crippen LogP contribution in [0.4, 0.5) is 0 Å². The highest BCUT2D eigenvalue weighted by atomic mass is 16.5. The third-order valence-electron chi connectivity index (χ3n) is 2.01. The molecule has 0 atom stereocenters. The Bertz CT molecular complexity index is 473. The summed E-state index contributed by atoms with van der Waals surface area (Å²) in [4.78, 5) is 13.8. The smallest absolute Gasteiger partial charge is 0.340 e. The lowest BCUT2D eigenvalue weighted by molar-refractivity contribution is -0.136. The van der Waals surface area contributed by atoms with Gasteiger partial charge in [0.15, 0.2) is 0 Å². The molecule has 0 bridgehead atoms. The molecule has 0 aliphatic carbocycles. The highest BCUT2D eigenvalue weighted by Gasteiger charge is 2.06. The van der Waals surface area contributed by atoms with E-state index in [0.717, 1.165) is 5.56 Å². The Morgan fingerprint density at radius 2 is 2.18 bits per heavy atom. The van der Waals surface area contributed by atoms with Gasteiger partial charge < -0.3 is 9.84 Å². The summed E-state index contributed by atoms with van der Waals surface area (Å²) in [6, 6.07) is 6.80. The molecule has 6 heteroatoms. The number of hydrogen-bond donors (Lipinski definition) is 1. The molecular formula is C11H11N3O3. The largest absolute Gasteiger partial charge is 0.466 e. The van der Waals surface area contributed by atoms with Crippen molar-refractivity contribution in [3.05, 3.63) is 51.5 Å². The number of hydrogen-bond acceptors (Lipinski definition) is 4. The van der Waals surface area contributed by atoms with E-state index in [2.05, 4.69) is 14.8 Å². The Hall–Kier alpha value is -2.30. The van der Waals surface area contributed by atoms with Gasteiger partial charge in [0.25, 0.3) is 0 Å². The predicted octanol–water partition coefficient (Wildman–Crippen LogP) is 2.00. The molecule has 0 unspecified atom stereocenters. The first-order valence-electron chi connectivity index (χ1n) is 4.76. The van der Waals surface area contributed by atoms with Crippen molar-refractivity contribution in [1.29, 1.82) is 0 Å². The summed E-state index contributed by atoms with van der Waals surface area (Å²) in [5, 5.41) is 12.1. The molecule has 0 aliphatic rings. The lowest BCUT2D eigenvalue weighted by atomic mass is 10.1. The molecule has 1 aromatic rings. The summed E-state index contributed by atoms with van der Waals surface area (Å²) in [5.74, 6) is -0.700. The minimum atomic E-state index is -0.700. The van der Waals surface area contributed by atoms with Crippen molar-refractivity contribution >= 4 is 12.0 Å². The van der Waals surface area contributed by atoms with Crippen LogP contribution in [0.5, 0.6) is 0 Å². The summed E-state index contributed by atoms with van der Waals surface area (Å²) < 4.78 is 4.47. The maximum atomic E-state index is 11.2. The van der Waals surface area contributed by atoms with Crippen molar-refractivity contribution in [3.8, 4) is 0 Å².